The van der Waals surface area contributed by atoms with Crippen LogP contribution in [-0.2, 0) is 10.9 Å². The van der Waals surface area contributed by atoms with E-state index < -0.39 is 31.6 Å². The van der Waals surface area contributed by atoms with Crippen molar-refractivity contribution in [2.75, 3.05) is 0 Å². The van der Waals surface area contributed by atoms with Gasteiger partial charge in [-0.25, -0.2) is 6.14 Å². The van der Waals surface area contributed by atoms with E-state index in [1.807, 2.05) is 0 Å². The Kier molecular flexibility index (Phi) is 16.0. The van der Waals surface area contributed by atoms with Gasteiger partial charge < -0.3 is 5.11 Å². The Balaban J connectivity index is 2.04. The number of hydrogen-bond donors (Lipinski definition) is 2. The predicted octanol–water partition coefficient (Wildman–Crippen LogP) is 7.28. The molecule has 32 heavy (non-hydrogen) atoms. The van der Waals surface area contributed by atoms with Crippen LogP contribution in [0.5, 0.6) is 5.75 Å². The summed E-state index contributed by atoms with van der Waals surface area (Å²) in [4.78, 5) is 24.2. The van der Waals surface area contributed by atoms with Crippen LogP contribution in [0.1, 0.15) is 120 Å². The van der Waals surface area contributed by atoms with Crippen LogP contribution in [0.4, 0.5) is 0 Å². The molecule has 0 aliphatic rings. The zero-order valence-electron chi connectivity index (χ0n) is 19.5. The molecule has 0 atom stereocenters. The third-order valence-corrected chi connectivity index (χ3v) is 7.51. The van der Waals surface area contributed by atoms with Crippen molar-refractivity contribution in [1.29, 1.82) is 0 Å². The molecule has 0 radical (unpaired) electrons. The molecule has 0 fully saturated rings. The zero-order chi connectivity index (χ0) is 23.6. The highest BCUT2D eigenvalue weighted by Gasteiger charge is 2.17. The summed E-state index contributed by atoms with van der Waals surface area (Å²) in [5.41, 5.74) is -0.176. The van der Waals surface area contributed by atoms with Crippen LogP contribution >= 0.6 is 19.8 Å². The molecule has 0 aliphatic carbocycles. The SMILES string of the molecule is CCCCCCCCCCCCCCCCCC(=O)NC(=O)c1cc(O)ccc1I(=O)=O. The number of aromatic hydroxyl groups is 1. The number of unbranched alkanes of at least 4 members (excludes halogenated alkanes) is 14. The van der Waals surface area contributed by atoms with Crippen molar-refractivity contribution in [1.82, 2.24) is 5.32 Å². The minimum Gasteiger partial charge on any atom is -0.508 e. The molecule has 0 bridgehead atoms. The van der Waals surface area contributed by atoms with Gasteiger partial charge in [0.1, 0.15) is 5.75 Å². The third kappa shape index (κ3) is 13.1. The lowest BCUT2D eigenvalue weighted by atomic mass is 10.0. The van der Waals surface area contributed by atoms with Gasteiger partial charge in [0.05, 0.1) is 9.13 Å². The number of carbonyl (C=O) groups excluding carboxylic acids is 2. The third-order valence-electron chi connectivity index (χ3n) is 5.62. The number of benzene rings is 1. The average Bonchev–Trinajstić information content (AvgIpc) is 2.76. The van der Waals surface area contributed by atoms with Gasteiger partial charge in [-0.1, -0.05) is 96.8 Å². The largest absolute Gasteiger partial charge is 0.508 e. The maximum absolute atomic E-state index is 12.2. The molecule has 1 aromatic rings. The first kappa shape index (κ1) is 28.5. The normalized spacial score (nSPS) is 11.1. The molecule has 6 nitrogen and oxygen atoms in total. The number of amides is 2. The van der Waals surface area contributed by atoms with Crippen molar-refractivity contribution in [2.24, 2.45) is 0 Å². The Labute approximate surface area is 200 Å². The Hall–Kier alpha value is -1.51. The molecule has 2 N–H and O–H groups in total. The number of phenols is 1. The molecule has 182 valence electrons. The number of halogens is 1. The molecule has 0 aromatic heterocycles. The molecule has 1 rings (SSSR count). The number of phenolic OH excluding ortho intramolecular Hbond substituents is 1. The summed E-state index contributed by atoms with van der Waals surface area (Å²) in [5.74, 6) is -1.42. The summed E-state index contributed by atoms with van der Waals surface area (Å²) in [5, 5.41) is 11.7. The first-order chi connectivity index (χ1) is 15.5. The summed E-state index contributed by atoms with van der Waals surface area (Å²) in [7, 11) is 0. The van der Waals surface area contributed by atoms with E-state index in [1.54, 1.807) is 0 Å². The lowest BCUT2D eigenvalue weighted by Crippen LogP contribution is -2.30. The fourth-order valence-electron chi connectivity index (χ4n) is 3.74. The van der Waals surface area contributed by atoms with E-state index in [2.05, 4.69) is 12.2 Å². The quantitative estimate of drug-likeness (QED) is 0.145. The van der Waals surface area contributed by atoms with Crippen LogP contribution < -0.4 is 5.32 Å². The maximum Gasteiger partial charge on any atom is 0.341 e. The molecule has 1 aromatic carbocycles. The monoisotopic (exact) mass is 561 g/mol. The molecule has 0 heterocycles. The Bertz CT molecular complexity index is 753. The van der Waals surface area contributed by atoms with Crippen LogP contribution in [0.25, 0.3) is 0 Å². The lowest BCUT2D eigenvalue weighted by molar-refractivity contribution is -0.120. The molecule has 0 unspecified atom stereocenters. The number of imide groups is 1. The minimum absolute atomic E-state index is 0.121. The standard InChI is InChI=1S/C25H40INO5/c1-2-3-4-5-6-7-8-9-10-11-12-13-14-15-16-17-24(29)27-25(30)22-20-21(28)18-19-23(22)26(31)32/h18-20,28H,2-17H2,1H3,(H,27,29,30). The Morgan fingerprint density at radius 3 is 1.72 bits per heavy atom. The van der Waals surface area contributed by atoms with Crippen LogP contribution in [0, 0.1) is 3.57 Å². The second-order valence-electron chi connectivity index (χ2n) is 8.46. The van der Waals surface area contributed by atoms with Gasteiger partial charge >= 0.3 is 19.8 Å². The molecular formula is C25H40INO5. The Morgan fingerprint density at radius 2 is 1.25 bits per heavy atom. The van der Waals surface area contributed by atoms with E-state index in [0.717, 1.165) is 18.9 Å². The van der Waals surface area contributed by atoms with Crippen LogP contribution in [-0.4, -0.2) is 16.9 Å². The fraction of sp³-hybridized carbons (Fsp3) is 0.680. The van der Waals surface area contributed by atoms with E-state index in [0.29, 0.717) is 6.42 Å². The molecule has 7 heteroatoms. The van der Waals surface area contributed by atoms with Crippen LogP contribution in [0.2, 0.25) is 0 Å². The number of hydrogen-bond acceptors (Lipinski definition) is 5. The van der Waals surface area contributed by atoms with Gasteiger partial charge in [-0.2, -0.15) is 0 Å². The highest BCUT2D eigenvalue weighted by atomic mass is 127. The van der Waals surface area contributed by atoms with E-state index in [1.165, 1.54) is 89.2 Å². The minimum atomic E-state index is -3.91. The first-order valence-electron chi connectivity index (χ1n) is 12.2. The summed E-state index contributed by atoms with van der Waals surface area (Å²) in [6, 6.07) is 3.48. The predicted molar refractivity (Wildman–Crippen MR) is 134 cm³/mol. The van der Waals surface area contributed by atoms with Gasteiger partial charge in [-0.3, -0.25) is 14.9 Å². The lowest BCUT2D eigenvalue weighted by Gasteiger charge is -2.06. The second-order valence-corrected chi connectivity index (χ2v) is 10.9. The topological polar surface area (TPSA) is 101 Å². The molecule has 0 saturated carbocycles. The number of nitrogens with one attached hydrogen (secondary N) is 1. The zero-order valence-corrected chi connectivity index (χ0v) is 21.7. The summed E-state index contributed by atoms with van der Waals surface area (Å²) in [6.07, 6.45) is 18.9. The summed E-state index contributed by atoms with van der Waals surface area (Å²) < 4.78 is 22.5. The van der Waals surface area contributed by atoms with Gasteiger partial charge in [-0.15, -0.1) is 0 Å². The van der Waals surface area contributed by atoms with Crippen molar-refractivity contribution < 1.29 is 20.8 Å². The van der Waals surface area contributed by atoms with Crippen molar-refractivity contribution in [3.63, 3.8) is 0 Å². The second kappa shape index (κ2) is 18.0. The Morgan fingerprint density at radius 1 is 0.781 bits per heavy atom. The van der Waals surface area contributed by atoms with Crippen molar-refractivity contribution in [3.8, 4) is 5.75 Å². The number of carbonyl (C=O) groups is 2. The van der Waals surface area contributed by atoms with Crippen molar-refractivity contribution >= 4 is 31.6 Å². The fourth-order valence-corrected chi connectivity index (χ4v) is 5.08. The average molecular weight is 562 g/mol. The van der Waals surface area contributed by atoms with E-state index in [-0.39, 0.29) is 21.3 Å². The van der Waals surface area contributed by atoms with E-state index >= 15 is 0 Å². The van der Waals surface area contributed by atoms with Crippen LogP contribution in [0.3, 0.4) is 0 Å². The van der Waals surface area contributed by atoms with Crippen molar-refractivity contribution in [2.45, 2.75) is 110 Å². The summed E-state index contributed by atoms with van der Waals surface area (Å²) >= 11 is -3.91. The summed E-state index contributed by atoms with van der Waals surface area (Å²) in [6.45, 7) is 2.25. The van der Waals surface area contributed by atoms with E-state index in [9.17, 15) is 20.8 Å². The van der Waals surface area contributed by atoms with Gasteiger partial charge in [0.2, 0.25) is 5.91 Å². The molecule has 0 spiro atoms. The van der Waals surface area contributed by atoms with Gasteiger partial charge in [0, 0.05) is 6.42 Å². The molecule has 2 amide bonds. The van der Waals surface area contributed by atoms with Crippen molar-refractivity contribution in [3.05, 3.63) is 27.3 Å². The van der Waals surface area contributed by atoms with Gasteiger partial charge in [0.25, 0.3) is 5.91 Å². The highest BCUT2D eigenvalue weighted by molar-refractivity contribution is 14.2. The van der Waals surface area contributed by atoms with Crippen LogP contribution in [0.15, 0.2) is 18.2 Å². The van der Waals surface area contributed by atoms with Gasteiger partial charge in [0.15, 0.2) is 0 Å². The van der Waals surface area contributed by atoms with E-state index in [4.69, 9.17) is 0 Å². The van der Waals surface area contributed by atoms with Gasteiger partial charge in [-0.05, 0) is 24.6 Å². The smallest absolute Gasteiger partial charge is 0.341 e. The first-order valence-corrected chi connectivity index (χ1v) is 15.0. The molecule has 0 saturated heterocycles. The molecular weight excluding hydrogens is 521 g/mol. The highest BCUT2D eigenvalue weighted by Crippen LogP contribution is 2.25. The maximum atomic E-state index is 12.2. The molecule has 0 aliphatic heterocycles. The number of rotatable bonds is 18.